The molecule has 1 unspecified atom stereocenters. The summed E-state index contributed by atoms with van der Waals surface area (Å²) in [6.45, 7) is 1.61. The minimum Gasteiger partial charge on any atom is -0.365 e. The van der Waals surface area contributed by atoms with Crippen LogP contribution in [0.15, 0.2) is 54.9 Å². The van der Waals surface area contributed by atoms with E-state index in [2.05, 4.69) is 15.4 Å². The number of nitrogens with one attached hydrogen (secondary N) is 1. The van der Waals surface area contributed by atoms with Crippen molar-refractivity contribution < 1.29 is 9.59 Å². The molecule has 8 heteroatoms. The van der Waals surface area contributed by atoms with Crippen LogP contribution in [-0.4, -0.2) is 44.7 Å². The fraction of sp³-hybridized carbons (Fsp3) is 0.304. The number of aromatic nitrogens is 3. The Hall–Kier alpha value is -3.68. The molecule has 0 saturated carbocycles. The second kappa shape index (κ2) is 8.99. The van der Waals surface area contributed by atoms with E-state index in [0.29, 0.717) is 30.9 Å². The highest BCUT2D eigenvalue weighted by Crippen LogP contribution is 2.28. The van der Waals surface area contributed by atoms with E-state index >= 15 is 0 Å². The number of rotatable bonds is 5. The zero-order valence-corrected chi connectivity index (χ0v) is 17.5. The Bertz CT molecular complexity index is 1080. The van der Waals surface area contributed by atoms with Gasteiger partial charge in [0.25, 0.3) is 5.91 Å². The molecule has 3 aromatic rings. The smallest absolute Gasteiger partial charge is 0.317 e. The van der Waals surface area contributed by atoms with Crippen molar-refractivity contribution in [2.24, 2.45) is 12.8 Å². The van der Waals surface area contributed by atoms with Crippen LogP contribution in [0, 0.1) is 0 Å². The molecule has 1 aliphatic rings. The maximum atomic E-state index is 12.8. The summed E-state index contributed by atoms with van der Waals surface area (Å²) in [5, 5.41) is 7.44. The maximum absolute atomic E-state index is 12.8. The third kappa shape index (κ3) is 4.74. The topological polar surface area (TPSA) is 106 Å². The molecule has 0 bridgehead atoms. The average Bonchev–Trinajstić information content (AvgIpc) is 3.20. The van der Waals surface area contributed by atoms with E-state index in [1.54, 1.807) is 29.0 Å². The van der Waals surface area contributed by atoms with Gasteiger partial charge < -0.3 is 16.0 Å². The SMILES string of the molecule is Cn1cc(C(N)=O)c(C2CCCN(C(=O)NCc3cccc(-c4ccccn4)c3)C2)n1. The molecule has 1 saturated heterocycles. The van der Waals surface area contributed by atoms with Crippen molar-refractivity contribution in [3.63, 3.8) is 0 Å². The van der Waals surface area contributed by atoms with Crippen LogP contribution in [0.1, 0.15) is 40.4 Å². The number of aryl methyl sites for hydroxylation is 1. The molecule has 1 fully saturated rings. The molecular weight excluding hydrogens is 392 g/mol. The van der Waals surface area contributed by atoms with Crippen molar-refractivity contribution in [3.8, 4) is 11.3 Å². The number of nitrogens with zero attached hydrogens (tertiary/aromatic N) is 4. The van der Waals surface area contributed by atoms with Crippen LogP contribution in [0.25, 0.3) is 11.3 Å². The highest BCUT2D eigenvalue weighted by atomic mass is 16.2. The highest BCUT2D eigenvalue weighted by molar-refractivity contribution is 5.93. The van der Waals surface area contributed by atoms with Crippen LogP contribution < -0.4 is 11.1 Å². The average molecular weight is 419 g/mol. The molecule has 31 heavy (non-hydrogen) atoms. The number of benzene rings is 1. The highest BCUT2D eigenvalue weighted by Gasteiger charge is 2.29. The van der Waals surface area contributed by atoms with Crippen molar-refractivity contribution in [2.45, 2.75) is 25.3 Å². The lowest BCUT2D eigenvalue weighted by Gasteiger charge is -2.32. The maximum Gasteiger partial charge on any atom is 0.317 e. The summed E-state index contributed by atoms with van der Waals surface area (Å²) in [5.74, 6) is -0.492. The van der Waals surface area contributed by atoms with E-state index in [1.807, 2.05) is 42.5 Å². The molecule has 8 nitrogen and oxygen atoms in total. The molecule has 0 radical (unpaired) electrons. The van der Waals surface area contributed by atoms with Gasteiger partial charge in [-0.2, -0.15) is 5.10 Å². The van der Waals surface area contributed by atoms with Gasteiger partial charge in [-0.05, 0) is 36.6 Å². The van der Waals surface area contributed by atoms with E-state index in [-0.39, 0.29) is 11.9 Å². The summed E-state index contributed by atoms with van der Waals surface area (Å²) in [7, 11) is 1.77. The zero-order valence-electron chi connectivity index (χ0n) is 17.5. The predicted octanol–water partition coefficient (Wildman–Crippen LogP) is 2.67. The third-order valence-electron chi connectivity index (χ3n) is 5.55. The summed E-state index contributed by atoms with van der Waals surface area (Å²) >= 11 is 0. The second-order valence-electron chi connectivity index (χ2n) is 7.83. The molecule has 1 aliphatic heterocycles. The van der Waals surface area contributed by atoms with Gasteiger partial charge in [0, 0.05) is 50.6 Å². The summed E-state index contributed by atoms with van der Waals surface area (Å²) in [6.07, 6.45) is 5.13. The second-order valence-corrected chi connectivity index (χ2v) is 7.83. The van der Waals surface area contributed by atoms with E-state index in [9.17, 15) is 9.59 Å². The van der Waals surface area contributed by atoms with Gasteiger partial charge in [0.05, 0.1) is 17.0 Å². The van der Waals surface area contributed by atoms with Crippen molar-refractivity contribution >= 4 is 11.9 Å². The minimum atomic E-state index is -0.488. The standard InChI is InChI=1S/C23H26N6O2/c1-28-15-19(22(24)30)21(27-28)18-8-5-11-29(14-18)23(31)26-13-16-6-4-7-17(12-16)20-9-2-3-10-25-20/h2-4,6-7,9-10,12,15,18H,5,8,11,13-14H2,1H3,(H2,24,30)(H,26,31). The lowest BCUT2D eigenvalue weighted by molar-refractivity contribution is 0.0998. The van der Waals surface area contributed by atoms with E-state index < -0.39 is 5.91 Å². The molecule has 4 rings (SSSR count). The Kier molecular flexibility index (Phi) is 5.97. The monoisotopic (exact) mass is 418 g/mol. The predicted molar refractivity (Wildman–Crippen MR) is 117 cm³/mol. The number of amides is 3. The molecule has 1 atom stereocenters. The van der Waals surface area contributed by atoms with E-state index in [0.717, 1.165) is 29.7 Å². The first kappa shape index (κ1) is 20.6. The minimum absolute atomic E-state index is 0.00400. The molecule has 0 aliphatic carbocycles. The Morgan fingerprint density at radius 2 is 2.10 bits per heavy atom. The van der Waals surface area contributed by atoms with Gasteiger partial charge in [0.15, 0.2) is 0 Å². The largest absolute Gasteiger partial charge is 0.365 e. The number of nitrogens with two attached hydrogens (primary N) is 1. The fourth-order valence-corrected chi connectivity index (χ4v) is 4.05. The zero-order chi connectivity index (χ0) is 21.8. The first-order valence-electron chi connectivity index (χ1n) is 10.4. The Labute approximate surface area is 181 Å². The fourth-order valence-electron chi connectivity index (χ4n) is 4.05. The first-order valence-corrected chi connectivity index (χ1v) is 10.4. The molecule has 160 valence electrons. The van der Waals surface area contributed by atoms with Crippen molar-refractivity contribution in [1.82, 2.24) is 25.0 Å². The van der Waals surface area contributed by atoms with Crippen LogP contribution in [0.4, 0.5) is 4.79 Å². The van der Waals surface area contributed by atoms with Crippen molar-refractivity contribution in [1.29, 1.82) is 0 Å². The van der Waals surface area contributed by atoms with Crippen LogP contribution in [0.5, 0.6) is 0 Å². The number of likely N-dealkylation sites (tertiary alicyclic amines) is 1. The summed E-state index contributed by atoms with van der Waals surface area (Å²) in [5.41, 5.74) is 9.53. The van der Waals surface area contributed by atoms with Gasteiger partial charge in [-0.3, -0.25) is 14.5 Å². The van der Waals surface area contributed by atoms with Crippen LogP contribution in [0.2, 0.25) is 0 Å². The van der Waals surface area contributed by atoms with Crippen molar-refractivity contribution in [3.05, 3.63) is 71.7 Å². The Morgan fingerprint density at radius 1 is 1.23 bits per heavy atom. The first-order chi connectivity index (χ1) is 15.0. The van der Waals surface area contributed by atoms with Gasteiger partial charge >= 0.3 is 6.03 Å². The number of urea groups is 1. The van der Waals surface area contributed by atoms with Gasteiger partial charge in [-0.25, -0.2) is 4.79 Å². The number of piperidine rings is 1. The normalized spacial score (nSPS) is 16.2. The van der Waals surface area contributed by atoms with Crippen LogP contribution >= 0.6 is 0 Å². The van der Waals surface area contributed by atoms with E-state index in [1.165, 1.54) is 0 Å². The molecule has 3 N–H and O–H groups in total. The number of primary amides is 1. The number of carbonyl (C=O) groups excluding carboxylic acids is 2. The molecule has 3 amide bonds. The van der Waals surface area contributed by atoms with Gasteiger partial charge in [0.2, 0.25) is 0 Å². The molecule has 0 spiro atoms. The quantitative estimate of drug-likeness (QED) is 0.664. The number of carbonyl (C=O) groups is 2. The molecule has 3 heterocycles. The molecule has 1 aromatic carbocycles. The Balaban J connectivity index is 1.40. The van der Waals surface area contributed by atoms with Crippen molar-refractivity contribution in [2.75, 3.05) is 13.1 Å². The van der Waals surface area contributed by atoms with E-state index in [4.69, 9.17) is 5.73 Å². The summed E-state index contributed by atoms with van der Waals surface area (Å²) in [6, 6.07) is 13.7. The molecule has 2 aromatic heterocycles. The van der Waals surface area contributed by atoms with Crippen LogP contribution in [-0.2, 0) is 13.6 Å². The van der Waals surface area contributed by atoms with Gasteiger partial charge in [-0.15, -0.1) is 0 Å². The van der Waals surface area contributed by atoms with Crippen LogP contribution in [0.3, 0.4) is 0 Å². The number of hydrogen-bond donors (Lipinski definition) is 2. The van der Waals surface area contributed by atoms with Gasteiger partial charge in [-0.1, -0.05) is 24.3 Å². The summed E-state index contributed by atoms with van der Waals surface area (Å²) in [4.78, 5) is 30.7. The number of pyridine rings is 1. The van der Waals surface area contributed by atoms with Gasteiger partial charge in [0.1, 0.15) is 0 Å². The third-order valence-corrected chi connectivity index (χ3v) is 5.55. The number of hydrogen-bond acceptors (Lipinski definition) is 4. The Morgan fingerprint density at radius 3 is 2.87 bits per heavy atom. The molecular formula is C23H26N6O2. The lowest BCUT2D eigenvalue weighted by atomic mass is 9.92. The lowest BCUT2D eigenvalue weighted by Crippen LogP contribution is -2.45. The summed E-state index contributed by atoms with van der Waals surface area (Å²) < 4.78 is 1.60.